The molecule has 1 amide bonds. The molecule has 19 heavy (non-hydrogen) atoms. The molecule has 1 heterocycles. The largest absolute Gasteiger partial charge is 0.338 e. The van der Waals surface area contributed by atoms with Gasteiger partial charge in [-0.05, 0) is 44.4 Å². The number of aryl methyl sites for hydroxylation is 1. The van der Waals surface area contributed by atoms with Gasteiger partial charge in [0.05, 0.1) is 22.1 Å². The quantitative estimate of drug-likeness (QED) is 0.789. The van der Waals surface area contributed by atoms with E-state index in [0.717, 1.165) is 18.4 Å². The normalized spacial score (nSPS) is 17.9. The molecule has 3 nitrogen and oxygen atoms in total. The van der Waals surface area contributed by atoms with Crippen LogP contribution in [0.15, 0.2) is 18.2 Å². The van der Waals surface area contributed by atoms with Gasteiger partial charge in [-0.1, -0.05) is 17.7 Å². The van der Waals surface area contributed by atoms with Gasteiger partial charge >= 0.3 is 0 Å². The van der Waals surface area contributed by atoms with Crippen LogP contribution in [-0.2, 0) is 0 Å². The number of likely N-dealkylation sites (tertiary alicyclic amines) is 1. The summed E-state index contributed by atoms with van der Waals surface area (Å²) in [6.45, 7) is 5.13. The molecular formula is C15H17ClN2O. The van der Waals surface area contributed by atoms with Gasteiger partial charge in [0.15, 0.2) is 0 Å². The highest BCUT2D eigenvalue weighted by molar-refractivity contribution is 6.33. The van der Waals surface area contributed by atoms with Crippen molar-refractivity contribution < 1.29 is 4.79 Å². The SMILES string of the molecule is Cc1ccc(C(=O)N2CCC(C)(C#N)CC2)c(Cl)c1. The molecule has 0 bridgehead atoms. The topological polar surface area (TPSA) is 44.1 Å². The molecule has 100 valence electrons. The highest BCUT2D eigenvalue weighted by Crippen LogP contribution is 2.31. The van der Waals surface area contributed by atoms with Gasteiger partial charge in [0, 0.05) is 13.1 Å². The molecule has 1 fully saturated rings. The summed E-state index contributed by atoms with van der Waals surface area (Å²) in [6.07, 6.45) is 1.44. The van der Waals surface area contributed by atoms with Crippen molar-refractivity contribution in [3.05, 3.63) is 34.3 Å². The molecular weight excluding hydrogens is 260 g/mol. The van der Waals surface area contributed by atoms with Crippen molar-refractivity contribution >= 4 is 17.5 Å². The number of hydrogen-bond acceptors (Lipinski definition) is 2. The fourth-order valence-electron chi connectivity index (χ4n) is 2.28. The molecule has 0 aromatic heterocycles. The first-order valence-electron chi connectivity index (χ1n) is 6.42. The van der Waals surface area contributed by atoms with Crippen LogP contribution in [0.25, 0.3) is 0 Å². The van der Waals surface area contributed by atoms with Crippen LogP contribution >= 0.6 is 11.6 Å². The number of nitrogens with zero attached hydrogens (tertiary/aromatic N) is 2. The lowest BCUT2D eigenvalue weighted by molar-refractivity contribution is 0.0662. The van der Waals surface area contributed by atoms with E-state index in [1.165, 1.54) is 0 Å². The first kappa shape index (κ1) is 13.9. The Bertz CT molecular complexity index is 540. The second-order valence-electron chi connectivity index (χ2n) is 5.45. The van der Waals surface area contributed by atoms with Gasteiger partial charge in [-0.2, -0.15) is 5.26 Å². The Balaban J connectivity index is 2.12. The van der Waals surface area contributed by atoms with Gasteiger partial charge in [-0.25, -0.2) is 0 Å². The van der Waals surface area contributed by atoms with Crippen LogP contribution in [0.5, 0.6) is 0 Å². The fraction of sp³-hybridized carbons (Fsp3) is 0.467. The van der Waals surface area contributed by atoms with Gasteiger partial charge < -0.3 is 4.90 Å². The van der Waals surface area contributed by atoms with Crippen LogP contribution in [0.2, 0.25) is 5.02 Å². The maximum atomic E-state index is 12.4. The van der Waals surface area contributed by atoms with Crippen molar-refractivity contribution in [2.75, 3.05) is 13.1 Å². The van der Waals surface area contributed by atoms with Crippen LogP contribution in [0.4, 0.5) is 0 Å². The Labute approximate surface area is 118 Å². The van der Waals surface area contributed by atoms with E-state index in [0.29, 0.717) is 23.7 Å². The summed E-state index contributed by atoms with van der Waals surface area (Å²) in [7, 11) is 0. The van der Waals surface area contributed by atoms with Crippen molar-refractivity contribution in [1.82, 2.24) is 4.90 Å². The zero-order valence-electron chi connectivity index (χ0n) is 11.2. The first-order chi connectivity index (χ1) is 8.95. The van der Waals surface area contributed by atoms with E-state index in [4.69, 9.17) is 16.9 Å². The summed E-state index contributed by atoms with van der Waals surface area (Å²) in [6, 6.07) is 7.81. The number of halogens is 1. The third-order valence-electron chi connectivity index (χ3n) is 3.78. The van der Waals surface area contributed by atoms with Gasteiger partial charge in [0.1, 0.15) is 0 Å². The second-order valence-corrected chi connectivity index (χ2v) is 5.86. The van der Waals surface area contributed by atoms with E-state index < -0.39 is 0 Å². The zero-order chi connectivity index (χ0) is 14.0. The Morgan fingerprint density at radius 1 is 1.42 bits per heavy atom. The number of benzene rings is 1. The van der Waals surface area contributed by atoms with E-state index in [2.05, 4.69) is 6.07 Å². The van der Waals surface area contributed by atoms with E-state index in [1.54, 1.807) is 17.0 Å². The van der Waals surface area contributed by atoms with Crippen LogP contribution in [0, 0.1) is 23.7 Å². The van der Waals surface area contributed by atoms with E-state index in [-0.39, 0.29) is 11.3 Å². The Hall–Kier alpha value is -1.53. The lowest BCUT2D eigenvalue weighted by atomic mass is 9.82. The van der Waals surface area contributed by atoms with Crippen molar-refractivity contribution in [1.29, 1.82) is 5.26 Å². The van der Waals surface area contributed by atoms with E-state index in [9.17, 15) is 4.79 Å². The minimum atomic E-state index is -0.298. The number of carbonyl (C=O) groups excluding carboxylic acids is 1. The molecule has 1 aliphatic rings. The number of amides is 1. The maximum Gasteiger partial charge on any atom is 0.255 e. The average Bonchev–Trinajstić information content (AvgIpc) is 2.39. The van der Waals surface area contributed by atoms with Crippen molar-refractivity contribution in [2.24, 2.45) is 5.41 Å². The van der Waals surface area contributed by atoms with Gasteiger partial charge in [-0.3, -0.25) is 4.79 Å². The maximum absolute atomic E-state index is 12.4. The van der Waals surface area contributed by atoms with Crippen LogP contribution in [0.1, 0.15) is 35.7 Å². The highest BCUT2D eigenvalue weighted by atomic mass is 35.5. The van der Waals surface area contributed by atoms with Crippen molar-refractivity contribution in [2.45, 2.75) is 26.7 Å². The molecule has 0 saturated carbocycles. The number of carbonyl (C=O) groups is 1. The third kappa shape index (κ3) is 2.90. The van der Waals surface area contributed by atoms with Gasteiger partial charge in [-0.15, -0.1) is 0 Å². The van der Waals surface area contributed by atoms with Crippen LogP contribution in [0.3, 0.4) is 0 Å². The highest BCUT2D eigenvalue weighted by Gasteiger charge is 2.32. The summed E-state index contributed by atoms with van der Waals surface area (Å²) < 4.78 is 0. The predicted molar refractivity (Wildman–Crippen MR) is 75.0 cm³/mol. The molecule has 0 radical (unpaired) electrons. The van der Waals surface area contributed by atoms with Crippen LogP contribution < -0.4 is 0 Å². The van der Waals surface area contributed by atoms with Gasteiger partial charge in [0.2, 0.25) is 0 Å². The number of rotatable bonds is 1. The molecule has 1 saturated heterocycles. The molecule has 0 spiro atoms. The zero-order valence-corrected chi connectivity index (χ0v) is 12.0. The third-order valence-corrected chi connectivity index (χ3v) is 4.09. The minimum absolute atomic E-state index is 0.0370. The van der Waals surface area contributed by atoms with Crippen LogP contribution in [-0.4, -0.2) is 23.9 Å². The lowest BCUT2D eigenvalue weighted by Crippen LogP contribution is -2.41. The average molecular weight is 277 g/mol. The first-order valence-corrected chi connectivity index (χ1v) is 6.80. The van der Waals surface area contributed by atoms with Crippen molar-refractivity contribution in [3.63, 3.8) is 0 Å². The van der Waals surface area contributed by atoms with E-state index in [1.807, 2.05) is 19.9 Å². The Morgan fingerprint density at radius 2 is 2.05 bits per heavy atom. The Kier molecular flexibility index (Phi) is 3.82. The molecule has 1 aromatic rings. The number of piperidine rings is 1. The molecule has 1 aliphatic heterocycles. The summed E-state index contributed by atoms with van der Waals surface area (Å²) in [4.78, 5) is 14.2. The fourth-order valence-corrected chi connectivity index (χ4v) is 2.59. The molecule has 0 N–H and O–H groups in total. The monoisotopic (exact) mass is 276 g/mol. The molecule has 1 aromatic carbocycles. The smallest absolute Gasteiger partial charge is 0.255 e. The van der Waals surface area contributed by atoms with Gasteiger partial charge in [0.25, 0.3) is 5.91 Å². The summed E-state index contributed by atoms with van der Waals surface area (Å²) in [5, 5.41) is 9.59. The summed E-state index contributed by atoms with van der Waals surface area (Å²) in [5.74, 6) is -0.0370. The van der Waals surface area contributed by atoms with E-state index >= 15 is 0 Å². The number of nitriles is 1. The Morgan fingerprint density at radius 3 is 2.58 bits per heavy atom. The molecule has 0 unspecified atom stereocenters. The van der Waals surface area contributed by atoms with Crippen molar-refractivity contribution in [3.8, 4) is 6.07 Å². The lowest BCUT2D eigenvalue weighted by Gasteiger charge is -2.35. The molecule has 2 rings (SSSR count). The summed E-state index contributed by atoms with van der Waals surface area (Å²) >= 11 is 6.13. The standard InChI is InChI=1S/C15H17ClN2O/c1-11-3-4-12(13(16)9-11)14(19)18-7-5-15(2,10-17)6-8-18/h3-4,9H,5-8H2,1-2H3. The predicted octanol–water partition coefficient (Wildman–Crippen LogP) is 3.41. The number of hydrogen-bond donors (Lipinski definition) is 0. The minimum Gasteiger partial charge on any atom is -0.338 e. The molecule has 0 atom stereocenters. The summed E-state index contributed by atoms with van der Waals surface area (Å²) in [5.41, 5.74) is 1.29. The molecule has 4 heteroatoms. The molecule has 0 aliphatic carbocycles. The second kappa shape index (κ2) is 5.22.